The summed E-state index contributed by atoms with van der Waals surface area (Å²) in [6.07, 6.45) is 2.41. The molecule has 4 aromatic rings. The van der Waals surface area contributed by atoms with Crippen LogP contribution in [0.25, 0.3) is 10.2 Å². The number of carbonyl (C=O) groups excluding carboxylic acids is 2. The summed E-state index contributed by atoms with van der Waals surface area (Å²) in [5.74, 6) is 0.162. The molecule has 0 aliphatic carbocycles. The zero-order valence-corrected chi connectivity index (χ0v) is 21.8. The molecule has 2 amide bonds. The molecule has 0 unspecified atom stereocenters. The molecule has 0 saturated carbocycles. The molecule has 7 nitrogen and oxygen atoms in total. The molecular weight excluding hydrogens is 478 g/mol. The minimum atomic E-state index is -0.0724. The van der Waals surface area contributed by atoms with Gasteiger partial charge in [0.2, 0.25) is 0 Å². The lowest BCUT2D eigenvalue weighted by atomic mass is 9.89. The molecule has 1 N–H and O–H groups in total. The Morgan fingerprint density at radius 3 is 2.69 bits per heavy atom. The van der Waals surface area contributed by atoms with Gasteiger partial charge >= 0.3 is 0 Å². The van der Waals surface area contributed by atoms with E-state index in [2.05, 4.69) is 21.9 Å². The van der Waals surface area contributed by atoms with Crippen molar-refractivity contribution in [3.63, 3.8) is 0 Å². The van der Waals surface area contributed by atoms with E-state index in [9.17, 15) is 9.59 Å². The summed E-state index contributed by atoms with van der Waals surface area (Å²) in [6, 6.07) is 9.87. The number of carbonyl (C=O) groups is 2. The zero-order chi connectivity index (χ0) is 24.5. The summed E-state index contributed by atoms with van der Waals surface area (Å²) in [7, 11) is 1.91. The number of hydrogen-bond acceptors (Lipinski definition) is 6. The maximum atomic E-state index is 13.2. The smallest absolute Gasteiger partial charge is 0.264 e. The number of hydrogen-bond donors (Lipinski definition) is 1. The van der Waals surface area contributed by atoms with Crippen molar-refractivity contribution >= 4 is 44.7 Å². The van der Waals surface area contributed by atoms with Crippen LogP contribution in [0.4, 0.5) is 0 Å². The lowest BCUT2D eigenvalue weighted by molar-refractivity contribution is 0.0715. The molecule has 1 aliphatic heterocycles. The number of thiophene rings is 2. The topological polar surface area (TPSA) is 80.1 Å². The Kier molecular flexibility index (Phi) is 6.71. The molecule has 0 spiro atoms. The van der Waals surface area contributed by atoms with E-state index in [1.165, 1.54) is 16.2 Å². The SMILES string of the molecule is Cc1ccc(C(=O)NCCc2cccs2)c(C2CCN(C(=O)c3cc4c(C)nn(C)c4s3)CC2)n1. The predicted octanol–water partition coefficient (Wildman–Crippen LogP) is 4.70. The molecule has 0 radical (unpaired) electrons. The van der Waals surface area contributed by atoms with Gasteiger partial charge in [0.15, 0.2) is 0 Å². The lowest BCUT2D eigenvalue weighted by Gasteiger charge is -2.32. The summed E-state index contributed by atoms with van der Waals surface area (Å²) in [5.41, 5.74) is 3.36. The van der Waals surface area contributed by atoms with Crippen molar-refractivity contribution in [2.45, 2.75) is 39.0 Å². The second-order valence-electron chi connectivity index (χ2n) is 9.08. The maximum absolute atomic E-state index is 13.2. The average Bonchev–Trinajstić information content (AvgIpc) is 3.58. The summed E-state index contributed by atoms with van der Waals surface area (Å²) in [6.45, 7) is 5.84. The summed E-state index contributed by atoms with van der Waals surface area (Å²) < 4.78 is 1.84. The van der Waals surface area contributed by atoms with Crippen LogP contribution in [0.2, 0.25) is 0 Å². The largest absolute Gasteiger partial charge is 0.352 e. The Bertz CT molecular complexity index is 1330. The molecule has 0 bridgehead atoms. The first-order valence-corrected chi connectivity index (χ1v) is 13.6. The molecule has 4 aromatic heterocycles. The molecule has 5 rings (SSSR count). The Morgan fingerprint density at radius 2 is 1.97 bits per heavy atom. The first-order chi connectivity index (χ1) is 16.9. The van der Waals surface area contributed by atoms with E-state index in [4.69, 9.17) is 4.98 Å². The highest BCUT2D eigenvalue weighted by atomic mass is 32.1. The third-order valence-corrected chi connectivity index (χ3v) is 8.75. The van der Waals surface area contributed by atoms with Gasteiger partial charge in [0.1, 0.15) is 4.83 Å². The molecule has 1 saturated heterocycles. The number of aryl methyl sites for hydroxylation is 3. The second kappa shape index (κ2) is 9.91. The Labute approximate surface area is 212 Å². The van der Waals surface area contributed by atoms with Crippen LogP contribution in [-0.4, -0.2) is 51.1 Å². The van der Waals surface area contributed by atoms with Crippen LogP contribution >= 0.6 is 22.7 Å². The molecule has 9 heteroatoms. The Morgan fingerprint density at radius 1 is 1.17 bits per heavy atom. The van der Waals surface area contributed by atoms with E-state index in [0.717, 1.165) is 51.4 Å². The van der Waals surface area contributed by atoms with E-state index >= 15 is 0 Å². The van der Waals surface area contributed by atoms with E-state index in [1.54, 1.807) is 11.3 Å². The highest BCUT2D eigenvalue weighted by molar-refractivity contribution is 7.20. The molecule has 1 aliphatic rings. The van der Waals surface area contributed by atoms with Crippen LogP contribution in [0.15, 0.2) is 35.7 Å². The van der Waals surface area contributed by atoms with Gasteiger partial charge in [0.25, 0.3) is 11.8 Å². The molecular formula is C26H29N5O2S2. The third kappa shape index (κ3) is 4.88. The third-order valence-electron chi connectivity index (χ3n) is 6.62. The molecule has 35 heavy (non-hydrogen) atoms. The summed E-state index contributed by atoms with van der Waals surface area (Å²) in [4.78, 5) is 36.0. The fourth-order valence-corrected chi connectivity index (χ4v) is 6.55. The second-order valence-corrected chi connectivity index (χ2v) is 11.1. The lowest BCUT2D eigenvalue weighted by Crippen LogP contribution is -2.38. The highest BCUT2D eigenvalue weighted by Crippen LogP contribution is 2.32. The monoisotopic (exact) mass is 507 g/mol. The average molecular weight is 508 g/mol. The first kappa shape index (κ1) is 23.7. The van der Waals surface area contributed by atoms with E-state index in [0.29, 0.717) is 25.2 Å². The van der Waals surface area contributed by atoms with Crippen molar-refractivity contribution in [3.05, 3.63) is 68.1 Å². The zero-order valence-electron chi connectivity index (χ0n) is 20.2. The van der Waals surface area contributed by atoms with Gasteiger partial charge in [-0.15, -0.1) is 22.7 Å². The van der Waals surface area contributed by atoms with Crippen LogP contribution in [0.5, 0.6) is 0 Å². The maximum Gasteiger partial charge on any atom is 0.264 e. The van der Waals surface area contributed by atoms with Crippen molar-refractivity contribution in [3.8, 4) is 0 Å². The van der Waals surface area contributed by atoms with Gasteiger partial charge in [0.05, 0.1) is 21.8 Å². The highest BCUT2D eigenvalue weighted by Gasteiger charge is 2.29. The first-order valence-electron chi connectivity index (χ1n) is 11.9. The number of amides is 2. The molecule has 1 fully saturated rings. The number of fused-ring (bicyclic) bond motifs is 1. The van der Waals surface area contributed by atoms with Gasteiger partial charge in [-0.05, 0) is 62.8 Å². The van der Waals surface area contributed by atoms with Crippen LogP contribution in [-0.2, 0) is 13.5 Å². The molecule has 0 aromatic carbocycles. The normalized spacial score (nSPS) is 14.5. The van der Waals surface area contributed by atoms with Crippen LogP contribution in [0.3, 0.4) is 0 Å². The van der Waals surface area contributed by atoms with Crippen LogP contribution in [0.1, 0.15) is 60.7 Å². The molecule has 182 valence electrons. The number of piperidine rings is 1. The minimum absolute atomic E-state index is 0.0724. The summed E-state index contributed by atoms with van der Waals surface area (Å²) in [5, 5.41) is 10.6. The Hall–Kier alpha value is -3.04. The van der Waals surface area contributed by atoms with Gasteiger partial charge < -0.3 is 10.2 Å². The van der Waals surface area contributed by atoms with Crippen LogP contribution < -0.4 is 5.32 Å². The molecule has 5 heterocycles. The summed E-state index contributed by atoms with van der Waals surface area (Å²) >= 11 is 3.21. The predicted molar refractivity (Wildman–Crippen MR) is 141 cm³/mol. The standard InChI is InChI=1S/C26H29N5O2S2/c1-16-6-7-20(24(32)27-11-8-19-5-4-14-34-19)23(28-16)18-9-12-31(13-10-18)25(33)22-15-21-17(2)29-30(3)26(21)35-22/h4-7,14-15,18H,8-13H2,1-3H3,(H,27,32). The number of aromatic nitrogens is 3. The number of nitrogens with zero attached hydrogens (tertiary/aromatic N) is 4. The fraction of sp³-hybridized carbons (Fsp3) is 0.385. The van der Waals surface area contributed by atoms with Crippen LogP contribution in [0, 0.1) is 13.8 Å². The number of nitrogens with one attached hydrogen (secondary N) is 1. The van der Waals surface area contributed by atoms with Gasteiger partial charge in [0, 0.05) is 48.6 Å². The Balaban J connectivity index is 1.25. The van der Waals surface area contributed by atoms with Gasteiger partial charge in [-0.3, -0.25) is 19.3 Å². The van der Waals surface area contributed by atoms with E-state index < -0.39 is 0 Å². The van der Waals surface area contributed by atoms with E-state index in [1.807, 2.05) is 54.7 Å². The van der Waals surface area contributed by atoms with Gasteiger partial charge in [-0.1, -0.05) is 6.07 Å². The number of pyridine rings is 1. The quantitative estimate of drug-likeness (QED) is 0.410. The fourth-order valence-electron chi connectivity index (χ4n) is 4.75. The minimum Gasteiger partial charge on any atom is -0.352 e. The van der Waals surface area contributed by atoms with Crippen molar-refractivity contribution in [2.24, 2.45) is 7.05 Å². The van der Waals surface area contributed by atoms with Crippen molar-refractivity contribution in [1.29, 1.82) is 0 Å². The van der Waals surface area contributed by atoms with Crippen molar-refractivity contribution < 1.29 is 9.59 Å². The molecule has 0 atom stereocenters. The van der Waals surface area contributed by atoms with Crippen molar-refractivity contribution in [2.75, 3.05) is 19.6 Å². The number of likely N-dealkylation sites (tertiary alicyclic amines) is 1. The number of rotatable bonds is 6. The van der Waals surface area contributed by atoms with E-state index in [-0.39, 0.29) is 17.7 Å². The van der Waals surface area contributed by atoms with Gasteiger partial charge in [-0.2, -0.15) is 5.10 Å². The van der Waals surface area contributed by atoms with Gasteiger partial charge in [-0.25, -0.2) is 0 Å². The van der Waals surface area contributed by atoms with Crippen molar-refractivity contribution in [1.82, 2.24) is 25.0 Å².